The molecule has 1 aromatic heterocycles. The maximum Gasteiger partial charge on any atom is 0.327 e. The number of aliphatic carboxylic acids is 1. The topological polar surface area (TPSA) is 78.4 Å². The Bertz CT molecular complexity index is 481. The molecule has 1 aromatic rings. The summed E-state index contributed by atoms with van der Waals surface area (Å²) < 4.78 is 0.909. The molecule has 7 heteroatoms. The molecule has 0 fully saturated rings. The number of nitrogens with one attached hydrogen (secondary N) is 2. The molecule has 0 aliphatic heterocycles. The minimum Gasteiger partial charge on any atom is -0.480 e. The van der Waals surface area contributed by atoms with E-state index in [0.717, 1.165) is 9.35 Å². The van der Waals surface area contributed by atoms with E-state index in [-0.39, 0.29) is 6.42 Å². The molecular weight excluding hydrogens is 320 g/mol. The second-order valence-corrected chi connectivity index (χ2v) is 5.17. The van der Waals surface area contributed by atoms with Crippen molar-refractivity contribution in [2.45, 2.75) is 19.0 Å². The average Bonchev–Trinajstić information content (AvgIpc) is 2.71. The van der Waals surface area contributed by atoms with Crippen LogP contribution < -0.4 is 10.6 Å². The number of carbonyl (C=O) groups is 2. The Morgan fingerprint density at radius 2 is 2.33 bits per heavy atom. The van der Waals surface area contributed by atoms with Gasteiger partial charge in [0.1, 0.15) is 6.04 Å². The van der Waals surface area contributed by atoms with Gasteiger partial charge in [-0.1, -0.05) is 0 Å². The van der Waals surface area contributed by atoms with Crippen molar-refractivity contribution in [3.8, 4) is 12.3 Å². The quantitative estimate of drug-likeness (QED) is 0.720. The van der Waals surface area contributed by atoms with Crippen molar-refractivity contribution in [2.24, 2.45) is 0 Å². The predicted octanol–water partition coefficient (Wildman–Crippen LogP) is 1.79. The summed E-state index contributed by atoms with van der Waals surface area (Å²) in [5, 5.41) is 15.6. The lowest BCUT2D eigenvalue weighted by Gasteiger charge is -2.12. The maximum absolute atomic E-state index is 11.5. The van der Waals surface area contributed by atoms with Crippen LogP contribution >= 0.6 is 27.3 Å². The number of carboxylic acids is 1. The van der Waals surface area contributed by atoms with Crippen LogP contribution in [0.1, 0.15) is 11.3 Å². The number of hydrogen-bond acceptors (Lipinski definition) is 3. The highest BCUT2D eigenvalue weighted by molar-refractivity contribution is 9.10. The Morgan fingerprint density at radius 1 is 1.61 bits per heavy atom. The van der Waals surface area contributed by atoms with E-state index in [4.69, 9.17) is 11.5 Å². The van der Waals surface area contributed by atoms with Crippen LogP contribution in [0.3, 0.4) is 0 Å². The molecule has 0 aliphatic carbocycles. The van der Waals surface area contributed by atoms with Gasteiger partial charge < -0.3 is 15.7 Å². The number of thiophene rings is 1. The highest BCUT2D eigenvalue weighted by Gasteiger charge is 2.18. The molecule has 0 aromatic carbocycles. The summed E-state index contributed by atoms with van der Waals surface area (Å²) in [4.78, 5) is 23.2. The lowest BCUT2D eigenvalue weighted by molar-refractivity contribution is -0.139. The number of amides is 2. The molecule has 0 aliphatic rings. The van der Waals surface area contributed by atoms with Crippen molar-refractivity contribution in [2.75, 3.05) is 0 Å². The smallest absolute Gasteiger partial charge is 0.327 e. The SMILES string of the molecule is C#CCC(NC(=O)NCc1sccc1Br)C(=O)O. The number of carboxylic acid groups (broad SMARTS) is 1. The fraction of sp³-hybridized carbons (Fsp3) is 0.273. The highest BCUT2D eigenvalue weighted by Crippen LogP contribution is 2.21. The standard InChI is InChI=1S/C11H11BrN2O3S/c1-2-3-8(10(15)16)14-11(17)13-6-9-7(12)4-5-18-9/h1,4-5,8H,3,6H2,(H,15,16)(H2,13,14,17). The van der Waals surface area contributed by atoms with Gasteiger partial charge in [0.05, 0.1) is 6.54 Å². The molecule has 1 rings (SSSR count). The van der Waals surface area contributed by atoms with E-state index in [9.17, 15) is 9.59 Å². The first kappa shape index (κ1) is 14.5. The van der Waals surface area contributed by atoms with Crippen LogP contribution in [0.15, 0.2) is 15.9 Å². The van der Waals surface area contributed by atoms with Crippen LogP contribution in [0.2, 0.25) is 0 Å². The lowest BCUT2D eigenvalue weighted by Crippen LogP contribution is -2.45. The number of rotatable bonds is 5. The van der Waals surface area contributed by atoms with Crippen molar-refractivity contribution in [1.82, 2.24) is 10.6 Å². The molecule has 18 heavy (non-hydrogen) atoms. The zero-order valence-corrected chi connectivity index (χ0v) is 11.7. The Balaban J connectivity index is 2.44. The van der Waals surface area contributed by atoms with Gasteiger partial charge >= 0.3 is 12.0 Å². The summed E-state index contributed by atoms with van der Waals surface area (Å²) in [6.07, 6.45) is 4.97. The van der Waals surface area contributed by atoms with Crippen molar-refractivity contribution in [3.05, 3.63) is 20.8 Å². The van der Waals surface area contributed by atoms with Gasteiger partial charge in [-0.3, -0.25) is 0 Å². The van der Waals surface area contributed by atoms with Crippen molar-refractivity contribution in [3.63, 3.8) is 0 Å². The summed E-state index contributed by atoms with van der Waals surface area (Å²) in [5.41, 5.74) is 0. The molecule has 1 unspecified atom stereocenters. The van der Waals surface area contributed by atoms with E-state index < -0.39 is 18.0 Å². The van der Waals surface area contributed by atoms with E-state index in [0.29, 0.717) is 6.54 Å². The first-order valence-electron chi connectivity index (χ1n) is 4.97. The minimum atomic E-state index is -1.15. The summed E-state index contributed by atoms with van der Waals surface area (Å²) in [6, 6.07) is 0.248. The minimum absolute atomic E-state index is 0.0501. The molecule has 96 valence electrons. The first-order chi connectivity index (χ1) is 8.54. The van der Waals surface area contributed by atoms with E-state index >= 15 is 0 Å². The van der Waals surface area contributed by atoms with Gasteiger partial charge in [0.2, 0.25) is 0 Å². The molecule has 1 atom stereocenters. The summed E-state index contributed by atoms with van der Waals surface area (Å²) >= 11 is 4.82. The normalized spacial score (nSPS) is 11.3. The Hall–Kier alpha value is -1.52. The van der Waals surface area contributed by atoms with Gasteiger partial charge in [-0.2, -0.15) is 0 Å². The third kappa shape index (κ3) is 4.39. The fourth-order valence-electron chi connectivity index (χ4n) is 1.14. The molecular formula is C11H11BrN2O3S. The summed E-state index contributed by atoms with van der Waals surface area (Å²) in [7, 11) is 0. The highest BCUT2D eigenvalue weighted by atomic mass is 79.9. The number of hydrogen-bond donors (Lipinski definition) is 3. The summed E-state index contributed by atoms with van der Waals surface area (Å²) in [6.45, 7) is 0.326. The third-order valence-electron chi connectivity index (χ3n) is 2.03. The molecule has 0 saturated heterocycles. The van der Waals surface area contributed by atoms with Gasteiger partial charge in [-0.25, -0.2) is 9.59 Å². The largest absolute Gasteiger partial charge is 0.480 e. The fourth-order valence-corrected chi connectivity index (χ4v) is 2.57. The van der Waals surface area contributed by atoms with Crippen LogP contribution in [-0.4, -0.2) is 23.1 Å². The van der Waals surface area contributed by atoms with Crippen molar-refractivity contribution in [1.29, 1.82) is 0 Å². The molecule has 3 N–H and O–H groups in total. The van der Waals surface area contributed by atoms with E-state index in [2.05, 4.69) is 32.5 Å². The number of halogens is 1. The van der Waals surface area contributed by atoms with E-state index in [1.807, 2.05) is 11.4 Å². The Labute approximate surface area is 117 Å². The van der Waals surface area contributed by atoms with Crippen LogP contribution in [0.5, 0.6) is 0 Å². The maximum atomic E-state index is 11.5. The van der Waals surface area contributed by atoms with Gasteiger partial charge in [0.15, 0.2) is 0 Å². The van der Waals surface area contributed by atoms with E-state index in [1.54, 1.807) is 0 Å². The number of carbonyl (C=O) groups excluding carboxylic acids is 1. The van der Waals surface area contributed by atoms with Gasteiger partial charge in [-0.05, 0) is 27.4 Å². The zero-order valence-electron chi connectivity index (χ0n) is 9.27. The third-order valence-corrected chi connectivity index (χ3v) is 3.95. The van der Waals surface area contributed by atoms with Crippen LogP contribution in [-0.2, 0) is 11.3 Å². The molecule has 1 heterocycles. The Morgan fingerprint density at radius 3 is 2.83 bits per heavy atom. The van der Waals surface area contributed by atoms with E-state index in [1.165, 1.54) is 11.3 Å². The number of terminal acetylenes is 1. The second-order valence-electron chi connectivity index (χ2n) is 3.32. The second kappa shape index (κ2) is 7.03. The van der Waals surface area contributed by atoms with Gasteiger partial charge in [-0.15, -0.1) is 23.7 Å². The van der Waals surface area contributed by atoms with Gasteiger partial charge in [0.25, 0.3) is 0 Å². The van der Waals surface area contributed by atoms with Crippen LogP contribution in [0, 0.1) is 12.3 Å². The van der Waals surface area contributed by atoms with Crippen LogP contribution in [0.4, 0.5) is 4.79 Å². The average molecular weight is 331 g/mol. The molecule has 0 bridgehead atoms. The molecule has 5 nitrogen and oxygen atoms in total. The Kier molecular flexibility index (Phi) is 5.68. The first-order valence-corrected chi connectivity index (χ1v) is 6.64. The van der Waals surface area contributed by atoms with Crippen LogP contribution in [0.25, 0.3) is 0 Å². The van der Waals surface area contributed by atoms with Crippen molar-refractivity contribution < 1.29 is 14.7 Å². The molecule has 0 spiro atoms. The van der Waals surface area contributed by atoms with Crippen molar-refractivity contribution >= 4 is 39.3 Å². The number of urea groups is 1. The van der Waals surface area contributed by atoms with Gasteiger partial charge in [0, 0.05) is 15.8 Å². The molecule has 2 amide bonds. The molecule has 0 saturated carbocycles. The predicted molar refractivity (Wildman–Crippen MR) is 72.3 cm³/mol. The molecule has 0 radical (unpaired) electrons. The monoisotopic (exact) mass is 330 g/mol. The summed E-state index contributed by atoms with van der Waals surface area (Å²) in [5.74, 6) is 1.05. The lowest BCUT2D eigenvalue weighted by atomic mass is 10.2. The zero-order chi connectivity index (χ0) is 13.5.